The molecule has 0 aromatic heterocycles. The average Bonchev–Trinajstić information content (AvgIpc) is 3.10. The Bertz CT molecular complexity index is 938. The highest BCUT2D eigenvalue weighted by Crippen LogP contribution is 2.41. The van der Waals surface area contributed by atoms with E-state index in [1.807, 2.05) is 24.3 Å². The van der Waals surface area contributed by atoms with Gasteiger partial charge in [0.05, 0.1) is 6.42 Å². The largest absolute Gasteiger partial charge is 0.326 e. The fourth-order valence-electron chi connectivity index (χ4n) is 3.75. The summed E-state index contributed by atoms with van der Waals surface area (Å²) in [7, 11) is 2.97. The summed E-state index contributed by atoms with van der Waals surface area (Å²) in [4.78, 5) is 38.9. The van der Waals surface area contributed by atoms with Crippen molar-refractivity contribution in [3.63, 3.8) is 0 Å². The van der Waals surface area contributed by atoms with Gasteiger partial charge in [0.15, 0.2) is 0 Å². The van der Waals surface area contributed by atoms with Crippen molar-refractivity contribution in [2.24, 2.45) is 0 Å². The zero-order valence-corrected chi connectivity index (χ0v) is 14.7. The third-order valence-corrected chi connectivity index (χ3v) is 5.14. The topological polar surface area (TPSA) is 69.7 Å². The second-order valence-corrected chi connectivity index (χ2v) is 6.73. The third-order valence-electron chi connectivity index (χ3n) is 5.14. The molecular weight excluding hydrogens is 330 g/mol. The lowest BCUT2D eigenvalue weighted by molar-refractivity contribution is -0.129. The number of rotatable bonds is 3. The predicted octanol–water partition coefficient (Wildman–Crippen LogP) is 2.48. The zero-order valence-electron chi connectivity index (χ0n) is 14.7. The second-order valence-electron chi connectivity index (χ2n) is 6.73. The van der Waals surface area contributed by atoms with Crippen LogP contribution < -0.4 is 5.32 Å². The Balaban J connectivity index is 1.57. The minimum Gasteiger partial charge on any atom is -0.325 e. The lowest BCUT2D eigenvalue weighted by Crippen LogP contribution is -2.35. The molecule has 0 spiro atoms. The number of carbonyl (C=O) groups excluding carboxylic acids is 3. The number of carbonyl (C=O) groups is 3. The quantitative estimate of drug-likeness (QED) is 0.739. The molecule has 132 valence electrons. The summed E-state index contributed by atoms with van der Waals surface area (Å²) in [6, 6.07) is 12.9. The van der Waals surface area contributed by atoms with Crippen molar-refractivity contribution in [3.8, 4) is 11.1 Å². The number of nitrogens with one attached hydrogen (secondary N) is 1. The molecule has 2 aromatic carbocycles. The molecule has 4 rings (SSSR count). The maximum Gasteiger partial charge on any atom is 0.326 e. The molecule has 1 N–H and O–H groups in total. The zero-order chi connectivity index (χ0) is 18.4. The molecule has 1 atom stereocenters. The Morgan fingerprint density at radius 1 is 1.08 bits per heavy atom. The van der Waals surface area contributed by atoms with Crippen LogP contribution >= 0.6 is 0 Å². The maximum atomic E-state index is 12.6. The molecule has 1 saturated heterocycles. The molecule has 1 heterocycles. The van der Waals surface area contributed by atoms with Gasteiger partial charge in [-0.15, -0.1) is 0 Å². The number of hydrogen-bond donors (Lipinski definition) is 1. The van der Waals surface area contributed by atoms with Gasteiger partial charge >= 0.3 is 6.03 Å². The van der Waals surface area contributed by atoms with E-state index in [4.69, 9.17) is 0 Å². The highest BCUT2D eigenvalue weighted by Gasteiger charge is 2.41. The first kappa shape index (κ1) is 16.3. The Morgan fingerprint density at radius 2 is 1.81 bits per heavy atom. The average molecular weight is 349 g/mol. The molecule has 1 fully saturated rings. The predicted molar refractivity (Wildman–Crippen MR) is 97.6 cm³/mol. The van der Waals surface area contributed by atoms with Crippen LogP contribution in [-0.4, -0.2) is 47.8 Å². The Morgan fingerprint density at radius 3 is 2.54 bits per heavy atom. The molecule has 0 saturated carbocycles. The van der Waals surface area contributed by atoms with Gasteiger partial charge < -0.3 is 10.2 Å². The first-order valence-electron chi connectivity index (χ1n) is 8.51. The number of amides is 4. The first-order chi connectivity index (χ1) is 12.5. The molecule has 2 aromatic rings. The number of anilines is 1. The third kappa shape index (κ3) is 2.45. The van der Waals surface area contributed by atoms with E-state index in [2.05, 4.69) is 23.5 Å². The first-order valence-corrected chi connectivity index (χ1v) is 8.51. The van der Waals surface area contributed by atoms with Crippen molar-refractivity contribution in [2.45, 2.75) is 18.9 Å². The number of fused-ring (bicyclic) bond motifs is 3. The van der Waals surface area contributed by atoms with Crippen LogP contribution in [0.5, 0.6) is 0 Å². The van der Waals surface area contributed by atoms with Crippen LogP contribution in [-0.2, 0) is 16.0 Å². The lowest BCUT2D eigenvalue weighted by Gasteiger charge is -2.17. The fraction of sp³-hybridized carbons (Fsp3) is 0.250. The molecule has 6 heteroatoms. The van der Waals surface area contributed by atoms with Gasteiger partial charge in [0.2, 0.25) is 5.91 Å². The second kappa shape index (κ2) is 5.98. The molecule has 6 nitrogen and oxygen atoms in total. The van der Waals surface area contributed by atoms with E-state index in [-0.39, 0.29) is 24.3 Å². The number of imide groups is 1. The summed E-state index contributed by atoms with van der Waals surface area (Å²) in [5.41, 5.74) is 5.32. The minimum atomic E-state index is -0.753. The monoisotopic (exact) mass is 349 g/mol. The van der Waals surface area contributed by atoms with Crippen molar-refractivity contribution < 1.29 is 14.4 Å². The van der Waals surface area contributed by atoms with Gasteiger partial charge in [0.1, 0.15) is 6.04 Å². The van der Waals surface area contributed by atoms with Crippen molar-refractivity contribution in [1.29, 1.82) is 0 Å². The van der Waals surface area contributed by atoms with Gasteiger partial charge in [-0.1, -0.05) is 36.4 Å². The SMILES string of the molecule is CN1C(=O)[C@@H](CC(=O)Nc2cccc3c2-c2ccccc2C3)N(C)C1=O. The molecule has 26 heavy (non-hydrogen) atoms. The summed E-state index contributed by atoms with van der Waals surface area (Å²) in [5, 5.41) is 2.93. The van der Waals surface area contributed by atoms with E-state index < -0.39 is 6.04 Å². The summed E-state index contributed by atoms with van der Waals surface area (Å²) in [5.74, 6) is -0.632. The van der Waals surface area contributed by atoms with Gasteiger partial charge in [-0.25, -0.2) is 4.79 Å². The number of nitrogens with zero attached hydrogens (tertiary/aromatic N) is 2. The van der Waals surface area contributed by atoms with Crippen molar-refractivity contribution >= 4 is 23.5 Å². The highest BCUT2D eigenvalue weighted by molar-refractivity contribution is 6.07. The van der Waals surface area contributed by atoms with Crippen LogP contribution in [0.3, 0.4) is 0 Å². The van der Waals surface area contributed by atoms with Gasteiger partial charge in [-0.3, -0.25) is 14.5 Å². The highest BCUT2D eigenvalue weighted by atomic mass is 16.2. The number of likely N-dealkylation sites (N-methyl/N-ethyl adjacent to an activating group) is 2. The van der Waals surface area contributed by atoms with E-state index in [0.29, 0.717) is 0 Å². The molecule has 2 aliphatic rings. The molecule has 0 unspecified atom stereocenters. The van der Waals surface area contributed by atoms with Crippen LogP contribution in [0.25, 0.3) is 11.1 Å². The Labute approximate surface area is 151 Å². The van der Waals surface area contributed by atoms with Gasteiger partial charge in [0, 0.05) is 25.3 Å². The fourth-order valence-corrected chi connectivity index (χ4v) is 3.75. The summed E-state index contributed by atoms with van der Waals surface area (Å²) in [6.45, 7) is 0. The van der Waals surface area contributed by atoms with Gasteiger partial charge in [-0.05, 0) is 29.2 Å². The lowest BCUT2D eigenvalue weighted by atomic mass is 10.0. The van der Waals surface area contributed by atoms with Gasteiger partial charge in [-0.2, -0.15) is 0 Å². The van der Waals surface area contributed by atoms with Crippen LogP contribution in [0.15, 0.2) is 42.5 Å². The smallest absolute Gasteiger partial charge is 0.325 e. The number of benzene rings is 2. The van der Waals surface area contributed by atoms with Crippen LogP contribution in [0.2, 0.25) is 0 Å². The van der Waals surface area contributed by atoms with E-state index in [9.17, 15) is 14.4 Å². The Kier molecular flexibility index (Phi) is 3.76. The molecule has 4 amide bonds. The van der Waals surface area contributed by atoms with Crippen molar-refractivity contribution in [2.75, 3.05) is 19.4 Å². The molecular formula is C20H19N3O3. The van der Waals surface area contributed by atoms with E-state index >= 15 is 0 Å². The number of urea groups is 1. The summed E-state index contributed by atoms with van der Waals surface area (Å²) >= 11 is 0. The van der Waals surface area contributed by atoms with Crippen LogP contribution in [0.1, 0.15) is 17.5 Å². The molecule has 1 aliphatic heterocycles. The van der Waals surface area contributed by atoms with E-state index in [1.54, 1.807) is 0 Å². The normalized spacial score (nSPS) is 18.2. The molecule has 0 radical (unpaired) electrons. The standard InChI is InChI=1S/C20H19N3O3/c1-22-16(19(25)23(2)20(22)26)11-17(24)21-15-9-5-7-13-10-12-6-3-4-8-14(12)18(13)15/h3-9,16H,10-11H2,1-2H3,(H,21,24)/t16-/m1/s1. The minimum absolute atomic E-state index is 0.0588. The van der Waals surface area contributed by atoms with E-state index in [0.717, 1.165) is 28.1 Å². The van der Waals surface area contributed by atoms with E-state index in [1.165, 1.54) is 30.1 Å². The maximum absolute atomic E-state index is 12.6. The number of hydrogen-bond acceptors (Lipinski definition) is 3. The van der Waals surface area contributed by atoms with Crippen molar-refractivity contribution in [1.82, 2.24) is 9.80 Å². The molecule has 1 aliphatic carbocycles. The van der Waals surface area contributed by atoms with Crippen LogP contribution in [0.4, 0.5) is 10.5 Å². The van der Waals surface area contributed by atoms with Gasteiger partial charge in [0.25, 0.3) is 5.91 Å². The molecule has 0 bridgehead atoms. The summed E-state index contributed by atoms with van der Waals surface area (Å²) in [6.07, 6.45) is 0.787. The van der Waals surface area contributed by atoms with Crippen LogP contribution in [0, 0.1) is 0 Å². The summed E-state index contributed by atoms with van der Waals surface area (Å²) < 4.78 is 0. The van der Waals surface area contributed by atoms with Crippen molar-refractivity contribution in [3.05, 3.63) is 53.6 Å². The Hall–Kier alpha value is -3.15.